The molecular weight excluding hydrogens is 404 g/mol. The van der Waals surface area contributed by atoms with Crippen molar-refractivity contribution < 1.29 is 13.2 Å². The van der Waals surface area contributed by atoms with E-state index in [0.717, 1.165) is 39.6 Å². The molecule has 158 valence electrons. The number of benzene rings is 2. The Labute approximate surface area is 178 Å². The maximum absolute atomic E-state index is 12.3. The van der Waals surface area contributed by atoms with Gasteiger partial charge in [0.1, 0.15) is 6.54 Å². The van der Waals surface area contributed by atoms with Crippen LogP contribution in [0, 0.1) is 20.8 Å². The quantitative estimate of drug-likeness (QED) is 0.578. The second kappa shape index (κ2) is 10.7. The zero-order chi connectivity index (χ0) is 21.4. The molecule has 2 aromatic carbocycles. The van der Waals surface area contributed by atoms with Crippen LogP contribution < -0.4 is 9.62 Å². The van der Waals surface area contributed by atoms with E-state index in [0.29, 0.717) is 12.2 Å². The maximum Gasteiger partial charge on any atom is 0.240 e. The first-order chi connectivity index (χ1) is 13.6. The molecule has 0 atom stereocenters. The molecule has 0 aliphatic carbocycles. The maximum atomic E-state index is 12.3. The fraction of sp³-hybridized carbons (Fsp3) is 0.409. The van der Waals surface area contributed by atoms with Crippen molar-refractivity contribution in [3.63, 3.8) is 0 Å². The molecule has 0 heterocycles. The van der Waals surface area contributed by atoms with Crippen LogP contribution in [0.4, 0.5) is 5.69 Å². The lowest BCUT2D eigenvalue weighted by atomic mass is 10.1. The minimum absolute atomic E-state index is 0.210. The van der Waals surface area contributed by atoms with Crippen molar-refractivity contribution in [3.05, 3.63) is 64.7 Å². The van der Waals surface area contributed by atoms with Gasteiger partial charge in [0, 0.05) is 12.3 Å². The van der Waals surface area contributed by atoms with Crippen LogP contribution in [0.25, 0.3) is 0 Å². The van der Waals surface area contributed by atoms with Gasteiger partial charge in [-0.2, -0.15) is 11.8 Å². The van der Waals surface area contributed by atoms with Gasteiger partial charge in [-0.1, -0.05) is 35.9 Å². The SMILES string of the molecule is Cc1cccc(CSCCCNC(=O)CN(c2cc(C)cc(C)c2)S(C)(=O)=O)c1. The van der Waals surface area contributed by atoms with E-state index in [1.165, 1.54) is 11.1 Å². The van der Waals surface area contributed by atoms with E-state index in [1.54, 1.807) is 12.1 Å². The van der Waals surface area contributed by atoms with E-state index in [4.69, 9.17) is 0 Å². The van der Waals surface area contributed by atoms with E-state index < -0.39 is 10.0 Å². The van der Waals surface area contributed by atoms with Crippen molar-refractivity contribution >= 4 is 33.4 Å². The van der Waals surface area contributed by atoms with Crippen LogP contribution in [0.2, 0.25) is 0 Å². The molecule has 7 heteroatoms. The van der Waals surface area contributed by atoms with E-state index >= 15 is 0 Å². The highest BCUT2D eigenvalue weighted by Crippen LogP contribution is 2.21. The first-order valence-corrected chi connectivity index (χ1v) is 12.6. The predicted molar refractivity (Wildman–Crippen MR) is 123 cm³/mol. The standard InChI is InChI=1S/C22H30N2O3S2/c1-17-7-5-8-20(12-17)16-28-10-6-9-23-22(25)15-24(29(4,26)27)21-13-18(2)11-19(3)14-21/h5,7-8,11-14H,6,9-10,15-16H2,1-4H3,(H,23,25). The first kappa shape index (κ1) is 23.3. The third-order valence-corrected chi connectivity index (χ3v) is 6.58. The number of sulfonamides is 1. The summed E-state index contributed by atoms with van der Waals surface area (Å²) in [4.78, 5) is 12.3. The summed E-state index contributed by atoms with van der Waals surface area (Å²) in [5.41, 5.74) is 5.00. The van der Waals surface area contributed by atoms with Gasteiger partial charge in [-0.05, 0) is 61.8 Å². The molecule has 5 nitrogen and oxygen atoms in total. The van der Waals surface area contributed by atoms with Crippen molar-refractivity contribution in [2.75, 3.05) is 29.4 Å². The van der Waals surface area contributed by atoms with Gasteiger partial charge in [0.2, 0.25) is 15.9 Å². The molecule has 29 heavy (non-hydrogen) atoms. The van der Waals surface area contributed by atoms with Crippen LogP contribution in [0.5, 0.6) is 0 Å². The number of aryl methyl sites for hydroxylation is 3. The lowest BCUT2D eigenvalue weighted by Gasteiger charge is -2.22. The Hall–Kier alpha value is -1.99. The van der Waals surface area contributed by atoms with Gasteiger partial charge in [-0.25, -0.2) is 8.42 Å². The highest BCUT2D eigenvalue weighted by molar-refractivity contribution is 7.98. The van der Waals surface area contributed by atoms with Crippen LogP contribution >= 0.6 is 11.8 Å². The van der Waals surface area contributed by atoms with Crippen molar-refractivity contribution in [2.45, 2.75) is 32.9 Å². The van der Waals surface area contributed by atoms with Crippen LogP contribution in [0.1, 0.15) is 28.7 Å². The third-order valence-electron chi connectivity index (χ3n) is 4.32. The van der Waals surface area contributed by atoms with Gasteiger partial charge in [0.25, 0.3) is 0 Å². The number of thioether (sulfide) groups is 1. The molecule has 0 radical (unpaired) electrons. The second-order valence-corrected chi connectivity index (χ2v) is 10.4. The number of amides is 1. The summed E-state index contributed by atoms with van der Waals surface area (Å²) in [6.07, 6.45) is 1.96. The van der Waals surface area contributed by atoms with E-state index in [1.807, 2.05) is 31.7 Å². The molecule has 0 aliphatic heterocycles. The number of nitrogens with one attached hydrogen (secondary N) is 1. The molecule has 0 saturated carbocycles. The van der Waals surface area contributed by atoms with Crippen LogP contribution in [-0.2, 0) is 20.6 Å². The van der Waals surface area contributed by atoms with Crippen molar-refractivity contribution in [1.29, 1.82) is 0 Å². The van der Waals surface area contributed by atoms with E-state index in [2.05, 4.69) is 36.5 Å². The Kier molecular flexibility index (Phi) is 8.59. The van der Waals surface area contributed by atoms with E-state index in [9.17, 15) is 13.2 Å². The summed E-state index contributed by atoms with van der Waals surface area (Å²) in [5, 5.41) is 2.83. The van der Waals surface area contributed by atoms with Gasteiger partial charge < -0.3 is 5.32 Å². The Morgan fingerprint density at radius 2 is 1.72 bits per heavy atom. The minimum Gasteiger partial charge on any atom is -0.354 e. The predicted octanol–water partition coefficient (Wildman–Crippen LogP) is 3.82. The highest BCUT2D eigenvalue weighted by atomic mass is 32.2. The third kappa shape index (κ3) is 8.11. The van der Waals surface area contributed by atoms with Crippen LogP contribution in [-0.4, -0.2) is 39.4 Å². The number of nitrogens with zero attached hydrogens (tertiary/aromatic N) is 1. The lowest BCUT2D eigenvalue weighted by molar-refractivity contribution is -0.119. The first-order valence-electron chi connectivity index (χ1n) is 9.61. The summed E-state index contributed by atoms with van der Waals surface area (Å²) < 4.78 is 25.6. The van der Waals surface area contributed by atoms with Crippen molar-refractivity contribution in [3.8, 4) is 0 Å². The zero-order valence-corrected chi connectivity index (χ0v) is 19.2. The molecule has 0 aromatic heterocycles. The molecule has 0 saturated heterocycles. The Morgan fingerprint density at radius 3 is 2.34 bits per heavy atom. The number of carbonyl (C=O) groups is 1. The summed E-state index contributed by atoms with van der Waals surface area (Å²) in [7, 11) is -3.55. The molecule has 0 bridgehead atoms. The molecule has 1 N–H and O–H groups in total. The van der Waals surface area contributed by atoms with Crippen LogP contribution in [0.15, 0.2) is 42.5 Å². The summed E-state index contributed by atoms with van der Waals surface area (Å²) in [6.45, 7) is 6.22. The second-order valence-electron chi connectivity index (χ2n) is 7.36. The molecular formula is C22H30N2O3S2. The van der Waals surface area contributed by atoms with Crippen molar-refractivity contribution in [2.24, 2.45) is 0 Å². The summed E-state index contributed by atoms with van der Waals surface area (Å²) >= 11 is 1.83. The van der Waals surface area contributed by atoms with E-state index in [-0.39, 0.29) is 12.5 Å². The number of hydrogen-bond acceptors (Lipinski definition) is 4. The number of anilines is 1. The Morgan fingerprint density at radius 1 is 1.03 bits per heavy atom. The largest absolute Gasteiger partial charge is 0.354 e. The Balaban J connectivity index is 1.80. The average Bonchev–Trinajstić information content (AvgIpc) is 2.61. The normalized spacial score (nSPS) is 11.3. The molecule has 2 rings (SSSR count). The minimum atomic E-state index is -3.55. The Bertz CT molecular complexity index is 923. The monoisotopic (exact) mass is 434 g/mol. The van der Waals surface area contributed by atoms with Gasteiger partial charge in [0.15, 0.2) is 0 Å². The number of carbonyl (C=O) groups excluding carboxylic acids is 1. The zero-order valence-electron chi connectivity index (χ0n) is 17.6. The summed E-state index contributed by atoms with van der Waals surface area (Å²) in [5.74, 6) is 1.59. The van der Waals surface area contributed by atoms with Gasteiger partial charge >= 0.3 is 0 Å². The average molecular weight is 435 g/mol. The number of rotatable bonds is 10. The molecule has 0 spiro atoms. The number of hydrogen-bond donors (Lipinski definition) is 1. The fourth-order valence-electron chi connectivity index (χ4n) is 3.07. The molecule has 0 unspecified atom stereocenters. The van der Waals surface area contributed by atoms with Crippen LogP contribution in [0.3, 0.4) is 0 Å². The molecule has 0 aliphatic rings. The topological polar surface area (TPSA) is 66.5 Å². The summed E-state index contributed by atoms with van der Waals surface area (Å²) in [6, 6.07) is 14.0. The van der Waals surface area contributed by atoms with Gasteiger partial charge in [0.05, 0.1) is 11.9 Å². The van der Waals surface area contributed by atoms with Crippen molar-refractivity contribution in [1.82, 2.24) is 5.32 Å². The van der Waals surface area contributed by atoms with Gasteiger partial charge in [-0.3, -0.25) is 9.10 Å². The molecule has 0 fully saturated rings. The van der Waals surface area contributed by atoms with Gasteiger partial charge in [-0.15, -0.1) is 0 Å². The highest BCUT2D eigenvalue weighted by Gasteiger charge is 2.21. The smallest absolute Gasteiger partial charge is 0.240 e. The fourth-order valence-corrected chi connectivity index (χ4v) is 4.82. The lowest BCUT2D eigenvalue weighted by Crippen LogP contribution is -2.40. The molecule has 2 aromatic rings. The molecule has 1 amide bonds.